The van der Waals surface area contributed by atoms with Crippen molar-refractivity contribution in [2.45, 2.75) is 12.5 Å². The van der Waals surface area contributed by atoms with Crippen molar-refractivity contribution in [3.8, 4) is 11.4 Å². The molecule has 0 bridgehead atoms. The van der Waals surface area contributed by atoms with E-state index in [1.54, 1.807) is 41.3 Å². The fourth-order valence-electron chi connectivity index (χ4n) is 4.85. The van der Waals surface area contributed by atoms with E-state index < -0.39 is 12.1 Å². The number of morpholine rings is 1. The van der Waals surface area contributed by atoms with Crippen LogP contribution in [0.1, 0.15) is 16.8 Å². The lowest BCUT2D eigenvalue weighted by molar-refractivity contribution is 0.0765. The Bertz CT molecular complexity index is 1480. The molecule has 0 radical (unpaired) electrons. The van der Waals surface area contributed by atoms with Crippen LogP contribution in [-0.2, 0) is 4.74 Å². The number of aliphatic hydroxyl groups is 1. The van der Waals surface area contributed by atoms with Gasteiger partial charge in [-0.05, 0) is 67.1 Å². The Kier molecular flexibility index (Phi) is 6.82. The SMILES string of the molecule is O=C(Nc1ccc(C(=O)N2CC[C@@H](O)C2)cc1)Nc1ccc(-c2nc(N3CCOCC3)c3cccn3n2)cc1. The molecule has 3 N–H and O–H groups in total. The van der Waals surface area contributed by atoms with Gasteiger partial charge in [0.15, 0.2) is 11.6 Å². The van der Waals surface area contributed by atoms with E-state index in [2.05, 4.69) is 20.6 Å². The lowest BCUT2D eigenvalue weighted by Gasteiger charge is -2.28. The minimum absolute atomic E-state index is 0.125. The lowest BCUT2D eigenvalue weighted by atomic mass is 10.2. The largest absolute Gasteiger partial charge is 0.391 e. The first-order chi connectivity index (χ1) is 19.0. The average molecular weight is 528 g/mol. The third-order valence-corrected chi connectivity index (χ3v) is 6.92. The predicted octanol–water partition coefficient (Wildman–Crippen LogP) is 3.08. The minimum Gasteiger partial charge on any atom is -0.391 e. The average Bonchev–Trinajstić information content (AvgIpc) is 3.62. The molecule has 11 heteroatoms. The zero-order chi connectivity index (χ0) is 26.8. The second kappa shape index (κ2) is 10.7. The van der Waals surface area contributed by atoms with Gasteiger partial charge in [-0.1, -0.05) is 0 Å². The molecule has 2 fully saturated rings. The Labute approximate surface area is 225 Å². The smallest absolute Gasteiger partial charge is 0.323 e. The number of benzene rings is 2. The molecule has 11 nitrogen and oxygen atoms in total. The third-order valence-electron chi connectivity index (χ3n) is 6.92. The monoisotopic (exact) mass is 527 g/mol. The van der Waals surface area contributed by atoms with Gasteiger partial charge in [-0.2, -0.15) is 0 Å². The van der Waals surface area contributed by atoms with Crippen molar-refractivity contribution in [3.63, 3.8) is 0 Å². The number of hydrogen-bond donors (Lipinski definition) is 3. The van der Waals surface area contributed by atoms with Gasteiger partial charge in [0.25, 0.3) is 5.91 Å². The van der Waals surface area contributed by atoms with E-state index in [4.69, 9.17) is 9.72 Å². The van der Waals surface area contributed by atoms with Gasteiger partial charge < -0.3 is 30.3 Å². The predicted molar refractivity (Wildman–Crippen MR) is 147 cm³/mol. The maximum atomic E-state index is 12.6. The van der Waals surface area contributed by atoms with Crippen molar-refractivity contribution in [3.05, 3.63) is 72.4 Å². The van der Waals surface area contributed by atoms with Crippen molar-refractivity contribution < 1.29 is 19.4 Å². The summed E-state index contributed by atoms with van der Waals surface area (Å²) in [6.45, 7) is 3.78. The van der Waals surface area contributed by atoms with E-state index in [1.165, 1.54) is 0 Å². The second-order valence-corrected chi connectivity index (χ2v) is 9.62. The van der Waals surface area contributed by atoms with Crippen LogP contribution in [0.15, 0.2) is 66.9 Å². The molecule has 200 valence electrons. The fraction of sp³-hybridized carbons (Fsp3) is 0.286. The van der Waals surface area contributed by atoms with Gasteiger partial charge in [0.05, 0.1) is 19.3 Å². The molecule has 2 aromatic carbocycles. The maximum absolute atomic E-state index is 12.6. The van der Waals surface area contributed by atoms with E-state index in [-0.39, 0.29) is 5.91 Å². The number of nitrogens with one attached hydrogen (secondary N) is 2. The molecule has 3 amide bonds. The number of ether oxygens (including phenoxy) is 1. The van der Waals surface area contributed by atoms with E-state index >= 15 is 0 Å². The summed E-state index contributed by atoms with van der Waals surface area (Å²) in [5.41, 5.74) is 3.47. The summed E-state index contributed by atoms with van der Waals surface area (Å²) in [5, 5.41) is 19.9. The number of hydrogen-bond acceptors (Lipinski definition) is 7. The van der Waals surface area contributed by atoms with E-state index in [0.717, 1.165) is 30.0 Å². The van der Waals surface area contributed by atoms with Crippen molar-refractivity contribution in [1.82, 2.24) is 19.5 Å². The number of β-amino-alcohol motifs (C(OH)–C–C–N with tert-alkyl or cyclic N) is 1. The van der Waals surface area contributed by atoms with Crippen LogP contribution in [-0.4, -0.2) is 82.0 Å². The molecule has 4 heterocycles. The molecular weight excluding hydrogens is 498 g/mol. The maximum Gasteiger partial charge on any atom is 0.323 e. The molecule has 2 aliphatic rings. The summed E-state index contributed by atoms with van der Waals surface area (Å²) in [4.78, 5) is 33.8. The van der Waals surface area contributed by atoms with Crippen LogP contribution in [0.25, 0.3) is 16.9 Å². The number of amides is 3. The molecule has 39 heavy (non-hydrogen) atoms. The quantitative estimate of drug-likeness (QED) is 0.364. The Morgan fingerprint density at radius 1 is 0.923 bits per heavy atom. The van der Waals surface area contributed by atoms with E-state index in [9.17, 15) is 14.7 Å². The Balaban J connectivity index is 1.10. The van der Waals surface area contributed by atoms with E-state index in [0.29, 0.717) is 55.5 Å². The van der Waals surface area contributed by atoms with E-state index in [1.807, 2.05) is 35.0 Å². The van der Waals surface area contributed by atoms with Crippen molar-refractivity contribution in [1.29, 1.82) is 0 Å². The molecule has 0 saturated carbocycles. The first kappa shape index (κ1) is 24.8. The molecule has 1 atom stereocenters. The minimum atomic E-state index is -0.462. The number of fused-ring (bicyclic) bond motifs is 1. The molecule has 2 saturated heterocycles. The lowest BCUT2D eigenvalue weighted by Crippen LogP contribution is -2.37. The van der Waals surface area contributed by atoms with Gasteiger partial charge in [-0.25, -0.2) is 14.3 Å². The van der Waals surface area contributed by atoms with Crippen LogP contribution in [0.5, 0.6) is 0 Å². The number of carbonyl (C=O) groups excluding carboxylic acids is 2. The highest BCUT2D eigenvalue weighted by Gasteiger charge is 2.25. The molecule has 4 aromatic rings. The first-order valence-corrected chi connectivity index (χ1v) is 13.0. The Morgan fingerprint density at radius 3 is 2.28 bits per heavy atom. The summed E-state index contributed by atoms with van der Waals surface area (Å²) < 4.78 is 7.33. The molecule has 0 aliphatic carbocycles. The highest BCUT2D eigenvalue weighted by Crippen LogP contribution is 2.25. The summed E-state index contributed by atoms with van der Waals surface area (Å²) >= 11 is 0. The summed E-state index contributed by atoms with van der Waals surface area (Å²) in [7, 11) is 0. The Morgan fingerprint density at radius 2 is 1.62 bits per heavy atom. The van der Waals surface area contributed by atoms with Gasteiger partial charge in [0, 0.05) is 54.9 Å². The van der Waals surface area contributed by atoms with Gasteiger partial charge in [-0.15, -0.1) is 5.10 Å². The van der Waals surface area contributed by atoms with Crippen LogP contribution >= 0.6 is 0 Å². The van der Waals surface area contributed by atoms with Crippen LogP contribution in [0.4, 0.5) is 22.0 Å². The first-order valence-electron chi connectivity index (χ1n) is 13.0. The van der Waals surface area contributed by atoms with Crippen molar-refractivity contribution in [2.75, 3.05) is 54.9 Å². The fourth-order valence-corrected chi connectivity index (χ4v) is 4.85. The highest BCUT2D eigenvalue weighted by molar-refractivity contribution is 6.00. The topological polar surface area (TPSA) is 124 Å². The van der Waals surface area contributed by atoms with Crippen molar-refractivity contribution in [2.24, 2.45) is 0 Å². The standard InChI is InChI=1S/C28H29N7O4/c36-23-11-13-34(18-23)27(37)20-5-9-22(10-6-20)30-28(38)29-21-7-3-19(4-8-21)25-31-26(33-14-16-39-17-15-33)24-2-1-12-35(24)32-25/h1-10,12,23,36H,11,13-18H2,(H2,29,30,38)/t23-/m1/s1. The number of urea groups is 1. The number of carbonyl (C=O) groups is 2. The number of aromatic nitrogens is 3. The molecule has 6 rings (SSSR count). The zero-order valence-electron chi connectivity index (χ0n) is 21.3. The summed E-state index contributed by atoms with van der Waals surface area (Å²) in [5.74, 6) is 1.34. The highest BCUT2D eigenvalue weighted by atomic mass is 16.5. The van der Waals surface area contributed by atoms with Crippen molar-refractivity contribution >= 4 is 34.6 Å². The van der Waals surface area contributed by atoms with Gasteiger partial charge >= 0.3 is 6.03 Å². The normalized spacial score (nSPS) is 17.4. The van der Waals surface area contributed by atoms with Crippen LogP contribution in [0, 0.1) is 0 Å². The number of likely N-dealkylation sites (tertiary alicyclic amines) is 1. The zero-order valence-corrected chi connectivity index (χ0v) is 21.3. The molecule has 0 unspecified atom stereocenters. The van der Waals surface area contributed by atoms with Crippen LogP contribution < -0.4 is 15.5 Å². The van der Waals surface area contributed by atoms with Gasteiger partial charge in [-0.3, -0.25) is 4.79 Å². The number of nitrogens with zero attached hydrogens (tertiary/aromatic N) is 5. The van der Waals surface area contributed by atoms with Gasteiger partial charge in [0.1, 0.15) is 5.52 Å². The van der Waals surface area contributed by atoms with Gasteiger partial charge in [0.2, 0.25) is 0 Å². The number of rotatable bonds is 5. The molecule has 2 aromatic heterocycles. The Hall–Kier alpha value is -4.48. The molecule has 2 aliphatic heterocycles. The van der Waals surface area contributed by atoms with Crippen LogP contribution in [0.3, 0.4) is 0 Å². The second-order valence-electron chi connectivity index (χ2n) is 9.62. The molecule has 0 spiro atoms. The number of aliphatic hydroxyl groups excluding tert-OH is 1. The van der Waals surface area contributed by atoms with Crippen LogP contribution in [0.2, 0.25) is 0 Å². The third kappa shape index (κ3) is 5.40. The molecular formula is C28H29N7O4. The summed E-state index contributed by atoms with van der Waals surface area (Å²) in [6.07, 6.45) is 2.04. The summed E-state index contributed by atoms with van der Waals surface area (Å²) in [6, 6.07) is 17.6. The number of anilines is 3.